The van der Waals surface area contributed by atoms with Crippen LogP contribution in [0.25, 0.3) is 16.6 Å². The first-order chi connectivity index (χ1) is 15.0. The number of hydrogen-bond acceptors (Lipinski definition) is 2. The molecule has 0 aliphatic heterocycles. The molecule has 4 nitrogen and oxygen atoms in total. The van der Waals surface area contributed by atoms with Crippen molar-refractivity contribution in [1.29, 1.82) is 0 Å². The fourth-order valence-corrected chi connectivity index (χ4v) is 7.97. The molecule has 0 saturated heterocycles. The molecule has 0 bridgehead atoms. The van der Waals surface area contributed by atoms with Crippen LogP contribution in [0.1, 0.15) is 64.9 Å². The van der Waals surface area contributed by atoms with Gasteiger partial charge in [0.1, 0.15) is 6.20 Å². The van der Waals surface area contributed by atoms with Crippen molar-refractivity contribution in [2.24, 2.45) is 4.40 Å². The van der Waals surface area contributed by atoms with Crippen LogP contribution in [0.2, 0.25) is 0 Å². The van der Waals surface area contributed by atoms with E-state index in [0.717, 1.165) is 60.7 Å². The van der Waals surface area contributed by atoms with Crippen molar-refractivity contribution < 1.29 is 4.21 Å². The van der Waals surface area contributed by atoms with E-state index in [9.17, 15) is 4.21 Å². The summed E-state index contributed by atoms with van der Waals surface area (Å²) in [4.78, 5) is 0. The fourth-order valence-electron chi connectivity index (χ4n) is 3.82. The van der Waals surface area contributed by atoms with Crippen molar-refractivity contribution in [3.8, 4) is 5.69 Å². The van der Waals surface area contributed by atoms with E-state index in [1.165, 1.54) is 0 Å². The van der Waals surface area contributed by atoms with Gasteiger partial charge in [-0.05, 0) is 58.3 Å². The van der Waals surface area contributed by atoms with Crippen LogP contribution in [0, 0.1) is 6.20 Å². The molecule has 0 unspecified atom stereocenters. The zero-order valence-corrected chi connectivity index (χ0v) is 20.0. The van der Waals surface area contributed by atoms with E-state index >= 15 is 0 Å². The summed E-state index contributed by atoms with van der Waals surface area (Å²) >= 11 is 0. The topological polar surface area (TPSA) is 47.2 Å². The van der Waals surface area contributed by atoms with Crippen LogP contribution >= 0.6 is 0 Å². The molecule has 1 heterocycles. The molecule has 0 amide bonds. The van der Waals surface area contributed by atoms with E-state index in [1.54, 1.807) is 4.68 Å². The Morgan fingerprint density at radius 1 is 0.935 bits per heavy atom. The van der Waals surface area contributed by atoms with Crippen molar-refractivity contribution >= 4 is 26.4 Å². The molecule has 0 N–H and O–H groups in total. The minimum atomic E-state index is -3.07. The van der Waals surface area contributed by atoms with Crippen molar-refractivity contribution in [2.75, 3.05) is 17.3 Å². The Labute approximate surface area is 187 Å². The molecule has 0 spiro atoms. The minimum Gasteiger partial charge on any atom is -0.262 e. The van der Waals surface area contributed by atoms with Crippen LogP contribution in [0.15, 0.2) is 52.9 Å². The normalized spacial score (nSPS) is 13.6. The maximum absolute atomic E-state index is 14.5. The Bertz CT molecular complexity index is 1040. The number of rotatable bonds is 12. The molecule has 0 saturated carbocycles. The fraction of sp³-hybridized carbons (Fsp3) is 0.462. The Morgan fingerprint density at radius 2 is 1.55 bits per heavy atom. The monoisotopic (exact) mass is 438 g/mol. The molecule has 3 aromatic rings. The number of benzene rings is 2. The Kier molecular flexibility index (Phi) is 7.82. The van der Waals surface area contributed by atoms with Gasteiger partial charge in [-0.1, -0.05) is 64.3 Å². The molecule has 1 aromatic heterocycles. The summed E-state index contributed by atoms with van der Waals surface area (Å²) in [7, 11) is -3.07. The largest absolute Gasteiger partial charge is 0.262 e. The van der Waals surface area contributed by atoms with Crippen LogP contribution < -0.4 is 0 Å². The molecule has 5 heteroatoms. The highest BCUT2D eigenvalue weighted by Crippen LogP contribution is 2.33. The van der Waals surface area contributed by atoms with Crippen molar-refractivity contribution in [3.05, 3.63) is 60.3 Å². The van der Waals surface area contributed by atoms with E-state index in [0.29, 0.717) is 17.3 Å². The molecule has 0 atom stereocenters. The molecule has 31 heavy (non-hydrogen) atoms. The average Bonchev–Trinajstić information content (AvgIpc) is 3.24. The lowest BCUT2D eigenvalue weighted by Gasteiger charge is -2.39. The Balaban J connectivity index is 1.93. The second-order valence-electron chi connectivity index (χ2n) is 8.47. The molecule has 167 valence electrons. The highest BCUT2D eigenvalue weighted by Gasteiger charge is 2.33. The average molecular weight is 439 g/mol. The maximum atomic E-state index is 14.5. The first kappa shape index (κ1) is 23.4. The van der Waals surface area contributed by atoms with Crippen LogP contribution in [0.3, 0.4) is 0 Å². The summed E-state index contributed by atoms with van der Waals surface area (Å²) in [5, 5.41) is 5.64. The van der Waals surface area contributed by atoms with Gasteiger partial charge in [-0.2, -0.15) is 5.10 Å². The van der Waals surface area contributed by atoms with E-state index in [2.05, 4.69) is 32.1 Å². The van der Waals surface area contributed by atoms with E-state index in [-0.39, 0.29) is 0 Å². The predicted molar refractivity (Wildman–Crippen MR) is 135 cm³/mol. The molecular formula is C26H36N3OS. The van der Waals surface area contributed by atoms with Crippen molar-refractivity contribution in [3.63, 3.8) is 0 Å². The quantitative estimate of drug-likeness (QED) is 0.308. The summed E-state index contributed by atoms with van der Waals surface area (Å²) in [6.45, 7) is 6.48. The zero-order valence-electron chi connectivity index (χ0n) is 19.2. The van der Waals surface area contributed by atoms with Gasteiger partial charge in [-0.15, -0.1) is 0 Å². The minimum absolute atomic E-state index is 0.711. The number of hydrogen-bond donors (Lipinski definition) is 0. The summed E-state index contributed by atoms with van der Waals surface area (Å²) in [6.07, 6.45) is 11.2. The third kappa shape index (κ3) is 5.91. The highest BCUT2D eigenvalue weighted by molar-refractivity contribution is 8.18. The summed E-state index contributed by atoms with van der Waals surface area (Å²) in [5.74, 6) is 2.13. The van der Waals surface area contributed by atoms with Gasteiger partial charge >= 0.3 is 0 Å². The lowest BCUT2D eigenvalue weighted by Crippen LogP contribution is -2.41. The summed E-state index contributed by atoms with van der Waals surface area (Å²) in [6, 6.07) is 16.1. The Hall–Kier alpha value is -2.27. The second kappa shape index (κ2) is 10.4. The molecule has 3 rings (SSSR count). The van der Waals surface area contributed by atoms with E-state index in [4.69, 9.17) is 4.40 Å². The number of aromatic nitrogens is 2. The maximum Gasteiger partial charge on any atom is 0.101 e. The highest BCUT2D eigenvalue weighted by atomic mass is 32.3. The standard InChI is InChI=1S/C26H36N3OS/c1-4-7-17-31(30,18-8-5-2,19-9-6-3)27-21-23-15-16-24-22-29(28-26(24)20-23)25-13-11-10-12-14-25/h10-16,20-21H,4-9,17-19H2,1-3H3. The van der Waals surface area contributed by atoms with Gasteiger partial charge in [0, 0.05) is 28.9 Å². The summed E-state index contributed by atoms with van der Waals surface area (Å²) < 4.78 is 21.2. The van der Waals surface area contributed by atoms with Crippen LogP contribution in [0.5, 0.6) is 0 Å². The van der Waals surface area contributed by atoms with Gasteiger partial charge in [0.25, 0.3) is 0 Å². The van der Waals surface area contributed by atoms with Crippen LogP contribution in [-0.4, -0.2) is 37.5 Å². The van der Waals surface area contributed by atoms with Gasteiger partial charge in [0.2, 0.25) is 0 Å². The van der Waals surface area contributed by atoms with Gasteiger partial charge in [0.15, 0.2) is 0 Å². The molecular weight excluding hydrogens is 402 g/mol. The van der Waals surface area contributed by atoms with Gasteiger partial charge in [0.05, 0.1) is 11.2 Å². The molecule has 0 fully saturated rings. The van der Waals surface area contributed by atoms with Crippen LogP contribution in [-0.2, 0) is 9.25 Å². The summed E-state index contributed by atoms with van der Waals surface area (Å²) in [5.41, 5.74) is 2.80. The third-order valence-corrected chi connectivity index (χ3v) is 10.1. The van der Waals surface area contributed by atoms with E-state index in [1.807, 2.05) is 54.7 Å². The van der Waals surface area contributed by atoms with Crippen molar-refractivity contribution in [2.45, 2.75) is 59.3 Å². The molecule has 0 aliphatic carbocycles. The third-order valence-electron chi connectivity index (χ3n) is 5.81. The lowest BCUT2D eigenvalue weighted by molar-refractivity contribution is 0.641. The first-order valence-electron chi connectivity index (χ1n) is 11.7. The number of para-hydroxylation sites is 1. The second-order valence-corrected chi connectivity index (χ2v) is 12.8. The SMILES string of the molecule is CCCCS(=O)(CCCC)(CCCC)N=Cc1ccc2[c]n(-c3ccccc3)nc2c1. The number of nitrogens with zero attached hydrogens (tertiary/aromatic N) is 3. The van der Waals surface area contributed by atoms with Gasteiger partial charge in [-0.3, -0.25) is 4.21 Å². The van der Waals surface area contributed by atoms with Gasteiger partial charge < -0.3 is 0 Å². The smallest absolute Gasteiger partial charge is 0.101 e. The first-order valence-corrected chi connectivity index (χ1v) is 14.1. The number of fused-ring (bicyclic) bond motifs is 1. The molecule has 1 radical (unpaired) electrons. The van der Waals surface area contributed by atoms with Gasteiger partial charge in [-0.25, -0.2) is 9.08 Å². The molecule has 2 aromatic carbocycles. The predicted octanol–water partition coefficient (Wildman–Crippen LogP) is 6.38. The number of unbranched alkanes of at least 4 members (excludes halogenated alkanes) is 3. The zero-order chi connectivity index (χ0) is 22.2. The van der Waals surface area contributed by atoms with Crippen molar-refractivity contribution in [1.82, 2.24) is 9.78 Å². The lowest BCUT2D eigenvalue weighted by atomic mass is 10.2. The molecule has 0 aliphatic rings. The van der Waals surface area contributed by atoms with Crippen LogP contribution in [0.4, 0.5) is 0 Å². The Morgan fingerprint density at radius 3 is 2.13 bits per heavy atom. The van der Waals surface area contributed by atoms with E-state index < -0.39 is 9.25 Å².